The Morgan fingerprint density at radius 3 is 2.38 bits per heavy atom. The Morgan fingerprint density at radius 1 is 1.00 bits per heavy atom. The van der Waals surface area contributed by atoms with Crippen molar-refractivity contribution >= 4 is 11.8 Å². The Hall–Kier alpha value is -1.54. The fourth-order valence-electron chi connectivity index (χ4n) is 3.33. The summed E-state index contributed by atoms with van der Waals surface area (Å²) in [6.45, 7) is 4.57. The van der Waals surface area contributed by atoms with E-state index >= 15 is 0 Å². The molecule has 0 spiro atoms. The maximum atomic E-state index is 2.41. The largest absolute Gasteiger partial charge is 1.00 e. The van der Waals surface area contributed by atoms with Gasteiger partial charge in [0.1, 0.15) is 0 Å². The summed E-state index contributed by atoms with van der Waals surface area (Å²) in [6.07, 6.45) is 10.4. The maximum absolute atomic E-state index is 2.41. The minimum Gasteiger partial charge on any atom is -1.00 e. The number of fused-ring (bicyclic) bond motifs is 1. The fraction of sp³-hybridized carbons (Fsp3) is 0.200. The van der Waals surface area contributed by atoms with Crippen LogP contribution >= 0.6 is 0 Å². The molecule has 4 heteroatoms. The zero-order chi connectivity index (χ0) is 15.1. The molecule has 0 radical (unpaired) electrons. The predicted octanol–water partition coefficient (Wildman–Crippen LogP) is -0.745. The van der Waals surface area contributed by atoms with Crippen molar-refractivity contribution in [3.63, 3.8) is 0 Å². The molecule has 2 aromatic rings. The molecule has 1 heterocycles. The second-order valence-electron chi connectivity index (χ2n) is 6.06. The predicted molar refractivity (Wildman–Crippen MR) is 88.9 cm³/mol. The molecule has 0 saturated heterocycles. The van der Waals surface area contributed by atoms with E-state index in [0.29, 0.717) is 3.63 Å². The molecule has 122 valence electrons. The van der Waals surface area contributed by atoms with Gasteiger partial charge in [-0.15, -0.1) is 0 Å². The molecule has 0 aliphatic heterocycles. The third-order valence-electron chi connectivity index (χ3n) is 4.78. The van der Waals surface area contributed by atoms with Crippen molar-refractivity contribution in [3.8, 4) is 0 Å². The SMILES string of the molecule is CC1=CC[C]([Zr+2][CH]2C(n3cccc3)=Cc3ccccc32)=C1C.[F-].[F-]. The summed E-state index contributed by atoms with van der Waals surface area (Å²) in [4.78, 5) is 0. The number of halogens is 2. The minimum atomic E-state index is -0.687. The van der Waals surface area contributed by atoms with Gasteiger partial charge in [-0.1, -0.05) is 0 Å². The number of nitrogens with zero attached hydrogens (tertiary/aromatic N) is 1. The summed E-state index contributed by atoms with van der Waals surface area (Å²) in [6, 6.07) is 13.2. The molecule has 1 aromatic carbocycles. The summed E-state index contributed by atoms with van der Waals surface area (Å²) < 4.78 is 4.72. The normalized spacial score (nSPS) is 18.2. The van der Waals surface area contributed by atoms with Crippen LogP contribution in [0.5, 0.6) is 0 Å². The Balaban J connectivity index is 0.00000104. The smallest absolute Gasteiger partial charge is 1.00 e. The van der Waals surface area contributed by atoms with Crippen molar-refractivity contribution in [1.82, 2.24) is 4.57 Å². The van der Waals surface area contributed by atoms with Gasteiger partial charge >= 0.3 is 144 Å². The van der Waals surface area contributed by atoms with E-state index in [1.54, 1.807) is 14.4 Å². The van der Waals surface area contributed by atoms with E-state index in [-0.39, 0.29) is 9.41 Å². The number of rotatable bonds is 3. The molecule has 4 rings (SSSR count). The quantitative estimate of drug-likeness (QED) is 0.637. The van der Waals surface area contributed by atoms with Crippen LogP contribution < -0.4 is 9.41 Å². The Bertz CT molecular complexity index is 816. The van der Waals surface area contributed by atoms with Crippen LogP contribution in [0.15, 0.2) is 69.3 Å². The molecule has 1 unspecified atom stereocenters. The third-order valence-corrected chi connectivity index (χ3v) is 9.26. The number of aromatic nitrogens is 1. The monoisotopic (exact) mass is 401 g/mol. The molecule has 0 bridgehead atoms. The molecule has 1 nitrogen and oxygen atoms in total. The average Bonchev–Trinajstić information content (AvgIpc) is 3.23. The molecular weight excluding hydrogens is 383 g/mol. The summed E-state index contributed by atoms with van der Waals surface area (Å²) in [5, 5.41) is 0. The summed E-state index contributed by atoms with van der Waals surface area (Å²) in [5.41, 5.74) is 7.50. The van der Waals surface area contributed by atoms with Crippen molar-refractivity contribution in [2.24, 2.45) is 0 Å². The number of hydrogen-bond acceptors (Lipinski definition) is 0. The zero-order valence-electron chi connectivity index (χ0n) is 13.8. The van der Waals surface area contributed by atoms with Gasteiger partial charge in [0.2, 0.25) is 0 Å². The topological polar surface area (TPSA) is 4.93 Å². The van der Waals surface area contributed by atoms with Gasteiger partial charge in [-0.2, -0.15) is 0 Å². The van der Waals surface area contributed by atoms with Gasteiger partial charge in [-0.25, -0.2) is 0 Å². The Kier molecular flexibility index (Phi) is 5.93. The maximum Gasteiger partial charge on any atom is -1.00 e. The average molecular weight is 403 g/mol. The molecular formula is C20H19F2NZr. The van der Waals surface area contributed by atoms with Crippen LogP contribution in [-0.2, 0) is 23.2 Å². The fourth-order valence-corrected chi connectivity index (χ4v) is 7.71. The Labute approximate surface area is 153 Å². The first-order valence-electron chi connectivity index (χ1n) is 7.81. The van der Waals surface area contributed by atoms with E-state index in [1.807, 2.05) is 0 Å². The van der Waals surface area contributed by atoms with Crippen LogP contribution in [0.25, 0.3) is 11.8 Å². The molecule has 24 heavy (non-hydrogen) atoms. The van der Waals surface area contributed by atoms with E-state index in [9.17, 15) is 0 Å². The first-order valence-corrected chi connectivity index (χ1v) is 10.5. The van der Waals surface area contributed by atoms with Crippen LogP contribution in [0.3, 0.4) is 0 Å². The van der Waals surface area contributed by atoms with E-state index in [2.05, 4.69) is 79.4 Å². The zero-order valence-corrected chi connectivity index (χ0v) is 16.2. The van der Waals surface area contributed by atoms with Crippen LogP contribution in [-0.4, -0.2) is 4.57 Å². The number of allylic oxidation sites excluding steroid dienone is 5. The van der Waals surface area contributed by atoms with Crippen molar-refractivity contribution < 1.29 is 32.6 Å². The molecule has 0 fully saturated rings. The minimum absolute atomic E-state index is 0. The van der Waals surface area contributed by atoms with Gasteiger partial charge in [0.25, 0.3) is 0 Å². The van der Waals surface area contributed by atoms with E-state index in [1.165, 1.54) is 23.3 Å². The second kappa shape index (κ2) is 7.57. The van der Waals surface area contributed by atoms with Crippen LogP contribution in [0.1, 0.15) is 35.0 Å². The second-order valence-corrected chi connectivity index (χ2v) is 9.67. The first kappa shape index (κ1) is 18.8. The van der Waals surface area contributed by atoms with E-state index in [4.69, 9.17) is 0 Å². The Morgan fingerprint density at radius 2 is 1.71 bits per heavy atom. The first-order chi connectivity index (χ1) is 10.7. The van der Waals surface area contributed by atoms with Gasteiger partial charge in [0, 0.05) is 0 Å². The van der Waals surface area contributed by atoms with E-state index in [0.717, 1.165) is 0 Å². The molecule has 2 aliphatic rings. The third kappa shape index (κ3) is 3.17. The van der Waals surface area contributed by atoms with Gasteiger partial charge in [0.15, 0.2) is 0 Å². The molecule has 0 saturated carbocycles. The number of benzene rings is 1. The number of hydrogen-bond donors (Lipinski definition) is 0. The van der Waals surface area contributed by atoms with Gasteiger partial charge in [0.05, 0.1) is 0 Å². The molecule has 1 atom stereocenters. The van der Waals surface area contributed by atoms with Gasteiger partial charge in [-0.3, -0.25) is 0 Å². The van der Waals surface area contributed by atoms with Crippen LogP contribution in [0.4, 0.5) is 0 Å². The van der Waals surface area contributed by atoms with E-state index < -0.39 is 23.2 Å². The van der Waals surface area contributed by atoms with Crippen molar-refractivity contribution in [2.75, 3.05) is 0 Å². The van der Waals surface area contributed by atoms with Crippen LogP contribution in [0.2, 0.25) is 0 Å². The van der Waals surface area contributed by atoms with Crippen molar-refractivity contribution in [2.45, 2.75) is 23.9 Å². The summed E-state index contributed by atoms with van der Waals surface area (Å²) in [5.74, 6) is 0. The standard InChI is InChI=1S/C13H10N.C7H9.2FH.Zr/c1-2-6-12-10-13(9-11(12)5-1)14-7-3-4-8-14;1-6-4-3-5-7(6)2;;;/h1-10H;4H,3H2,1-2H3;2*1H;/q;;;;+2/p-2. The molecule has 0 amide bonds. The summed E-state index contributed by atoms with van der Waals surface area (Å²) >= 11 is -0.687. The van der Waals surface area contributed by atoms with Gasteiger partial charge < -0.3 is 9.41 Å². The molecule has 1 aromatic heterocycles. The van der Waals surface area contributed by atoms with Gasteiger partial charge in [-0.05, 0) is 0 Å². The van der Waals surface area contributed by atoms with Crippen molar-refractivity contribution in [1.29, 1.82) is 0 Å². The molecule has 2 aliphatic carbocycles. The molecule has 0 N–H and O–H groups in total. The van der Waals surface area contributed by atoms with Crippen LogP contribution in [0, 0.1) is 0 Å². The summed E-state index contributed by atoms with van der Waals surface area (Å²) in [7, 11) is 0. The van der Waals surface area contributed by atoms with Crippen molar-refractivity contribution in [3.05, 3.63) is 80.4 Å².